The molecule has 0 saturated heterocycles. The predicted molar refractivity (Wildman–Crippen MR) is 83.7 cm³/mol. The van der Waals surface area contributed by atoms with Gasteiger partial charge in [-0.1, -0.05) is 0 Å². The Hall–Kier alpha value is -2.73. The van der Waals surface area contributed by atoms with E-state index in [4.69, 9.17) is 21.7 Å². The molecule has 0 unspecified atom stereocenters. The fourth-order valence-electron chi connectivity index (χ4n) is 1.58. The third kappa shape index (κ3) is 9.22. The minimum atomic E-state index is -1.35. The average molecular weight is 361 g/mol. The zero-order valence-electron chi connectivity index (χ0n) is 13.7. The summed E-state index contributed by atoms with van der Waals surface area (Å²) in [5.74, 6) is -4.31. The van der Waals surface area contributed by atoms with Crippen LogP contribution in [0.15, 0.2) is 0 Å². The standard InChI is InChI=1S/C13H23N5O7/c1-6(17-12(23)7(14)5-19)11(22)16-4-10(21)18-8(13(24)25)2-3-9(15)20/h6-8,19H,2-5,14H2,1H3,(H2,15,20)(H,16,22)(H,17,23)(H,18,21)(H,24,25)/t6-,7-,8-/m0/s1. The second-order valence-corrected chi connectivity index (χ2v) is 5.20. The number of nitrogens with two attached hydrogens (primary N) is 2. The van der Waals surface area contributed by atoms with Crippen molar-refractivity contribution in [2.75, 3.05) is 13.2 Å². The van der Waals surface area contributed by atoms with Crippen molar-refractivity contribution in [3.63, 3.8) is 0 Å². The maximum absolute atomic E-state index is 11.7. The summed E-state index contributed by atoms with van der Waals surface area (Å²) >= 11 is 0. The Bertz CT molecular complexity index is 525. The van der Waals surface area contributed by atoms with Gasteiger partial charge in [0, 0.05) is 6.42 Å². The van der Waals surface area contributed by atoms with Gasteiger partial charge in [-0.15, -0.1) is 0 Å². The molecule has 0 saturated carbocycles. The van der Waals surface area contributed by atoms with Crippen LogP contribution >= 0.6 is 0 Å². The van der Waals surface area contributed by atoms with Crippen molar-refractivity contribution < 1.29 is 34.2 Å². The maximum atomic E-state index is 11.7. The number of carboxylic acids is 1. The van der Waals surface area contributed by atoms with Crippen molar-refractivity contribution in [2.24, 2.45) is 11.5 Å². The zero-order valence-corrected chi connectivity index (χ0v) is 13.7. The highest BCUT2D eigenvalue weighted by molar-refractivity contribution is 5.92. The molecule has 0 rings (SSSR count). The van der Waals surface area contributed by atoms with Gasteiger partial charge in [0.15, 0.2) is 0 Å². The summed E-state index contributed by atoms with van der Waals surface area (Å²) in [6.45, 7) is 0.206. The lowest BCUT2D eigenvalue weighted by Crippen LogP contribution is -2.53. The van der Waals surface area contributed by atoms with Crippen molar-refractivity contribution in [3.8, 4) is 0 Å². The number of nitrogens with one attached hydrogen (secondary N) is 3. The molecule has 0 heterocycles. The third-order valence-corrected chi connectivity index (χ3v) is 3.02. The first-order chi connectivity index (χ1) is 11.6. The lowest BCUT2D eigenvalue weighted by atomic mass is 10.1. The fraction of sp³-hybridized carbons (Fsp3) is 0.615. The SMILES string of the molecule is C[C@H](NC(=O)[C@@H](N)CO)C(=O)NCC(=O)N[C@@H](CCC(N)=O)C(=O)O. The summed E-state index contributed by atoms with van der Waals surface area (Å²) in [5.41, 5.74) is 10.2. The van der Waals surface area contributed by atoms with E-state index in [0.717, 1.165) is 0 Å². The Morgan fingerprint density at radius 3 is 2.16 bits per heavy atom. The van der Waals surface area contributed by atoms with Crippen molar-refractivity contribution in [2.45, 2.75) is 37.9 Å². The number of aliphatic carboxylic acids is 1. The maximum Gasteiger partial charge on any atom is 0.326 e. The van der Waals surface area contributed by atoms with Crippen LogP contribution < -0.4 is 27.4 Å². The van der Waals surface area contributed by atoms with Crippen LogP contribution in [0, 0.1) is 0 Å². The van der Waals surface area contributed by atoms with Crippen LogP contribution in [0.4, 0.5) is 0 Å². The van der Waals surface area contributed by atoms with Crippen LogP contribution in [-0.2, 0) is 24.0 Å². The Morgan fingerprint density at radius 2 is 1.68 bits per heavy atom. The predicted octanol–water partition coefficient (Wildman–Crippen LogP) is -4.24. The molecule has 0 aromatic rings. The quantitative estimate of drug-likeness (QED) is 0.191. The molecule has 12 nitrogen and oxygen atoms in total. The van der Waals surface area contributed by atoms with Crippen LogP contribution in [0.2, 0.25) is 0 Å². The number of aliphatic hydroxyl groups excluding tert-OH is 1. The highest BCUT2D eigenvalue weighted by Gasteiger charge is 2.22. The van der Waals surface area contributed by atoms with Gasteiger partial charge in [0.1, 0.15) is 18.1 Å². The van der Waals surface area contributed by atoms with Gasteiger partial charge in [-0.25, -0.2) is 4.79 Å². The molecule has 9 N–H and O–H groups in total. The van der Waals surface area contributed by atoms with Gasteiger partial charge >= 0.3 is 5.97 Å². The molecule has 12 heteroatoms. The monoisotopic (exact) mass is 361 g/mol. The number of hydrogen-bond donors (Lipinski definition) is 7. The normalized spacial score (nSPS) is 13.9. The van der Waals surface area contributed by atoms with Gasteiger partial charge in [0.2, 0.25) is 23.6 Å². The first kappa shape index (κ1) is 22.3. The van der Waals surface area contributed by atoms with E-state index in [1.807, 2.05) is 0 Å². The van der Waals surface area contributed by atoms with Crippen molar-refractivity contribution in [3.05, 3.63) is 0 Å². The Kier molecular flexibility index (Phi) is 9.74. The van der Waals surface area contributed by atoms with Gasteiger partial charge in [-0.3, -0.25) is 19.2 Å². The van der Waals surface area contributed by atoms with E-state index in [9.17, 15) is 24.0 Å². The molecule has 0 spiro atoms. The molecule has 25 heavy (non-hydrogen) atoms. The van der Waals surface area contributed by atoms with Gasteiger partial charge in [0.05, 0.1) is 13.2 Å². The van der Waals surface area contributed by atoms with E-state index < -0.39 is 60.9 Å². The summed E-state index contributed by atoms with van der Waals surface area (Å²) in [7, 11) is 0. The largest absolute Gasteiger partial charge is 0.480 e. The van der Waals surface area contributed by atoms with Crippen LogP contribution in [0.1, 0.15) is 19.8 Å². The first-order valence-corrected chi connectivity index (χ1v) is 7.33. The topological polar surface area (TPSA) is 214 Å². The number of rotatable bonds is 11. The highest BCUT2D eigenvalue weighted by atomic mass is 16.4. The van der Waals surface area contributed by atoms with Crippen LogP contribution in [0.3, 0.4) is 0 Å². The van der Waals surface area contributed by atoms with E-state index in [-0.39, 0.29) is 12.8 Å². The minimum absolute atomic E-state index is 0.185. The van der Waals surface area contributed by atoms with E-state index in [2.05, 4.69) is 16.0 Å². The van der Waals surface area contributed by atoms with Gasteiger partial charge < -0.3 is 37.6 Å². The molecule has 142 valence electrons. The van der Waals surface area contributed by atoms with E-state index in [0.29, 0.717) is 0 Å². The Balaban J connectivity index is 4.37. The molecule has 0 aliphatic carbocycles. The molecule has 0 aromatic carbocycles. The number of carbonyl (C=O) groups is 5. The number of hydrogen-bond acceptors (Lipinski definition) is 7. The molecule has 0 aromatic heterocycles. The van der Waals surface area contributed by atoms with E-state index >= 15 is 0 Å². The molecular formula is C13H23N5O7. The molecule has 0 fully saturated rings. The van der Waals surface area contributed by atoms with Crippen molar-refractivity contribution in [1.82, 2.24) is 16.0 Å². The second kappa shape index (κ2) is 10.9. The number of carbonyl (C=O) groups excluding carboxylic acids is 4. The third-order valence-electron chi connectivity index (χ3n) is 3.02. The molecule has 3 atom stereocenters. The number of amides is 4. The van der Waals surface area contributed by atoms with Crippen LogP contribution in [0.25, 0.3) is 0 Å². The summed E-state index contributed by atoms with van der Waals surface area (Å²) < 4.78 is 0. The summed E-state index contributed by atoms with van der Waals surface area (Å²) in [4.78, 5) is 56.5. The van der Waals surface area contributed by atoms with Crippen LogP contribution in [0.5, 0.6) is 0 Å². The summed E-state index contributed by atoms with van der Waals surface area (Å²) in [5, 5.41) is 24.2. The average Bonchev–Trinajstić information content (AvgIpc) is 2.54. The van der Waals surface area contributed by atoms with E-state index in [1.54, 1.807) is 0 Å². The van der Waals surface area contributed by atoms with Crippen molar-refractivity contribution in [1.29, 1.82) is 0 Å². The highest BCUT2D eigenvalue weighted by Crippen LogP contribution is 1.97. The number of aliphatic hydroxyl groups is 1. The summed E-state index contributed by atoms with van der Waals surface area (Å²) in [6.07, 6.45) is -0.409. The number of primary amides is 1. The lowest BCUT2D eigenvalue weighted by molar-refractivity contribution is -0.142. The molecule has 0 radical (unpaired) electrons. The minimum Gasteiger partial charge on any atom is -0.480 e. The smallest absolute Gasteiger partial charge is 0.326 e. The zero-order chi connectivity index (χ0) is 19.6. The Labute approximate surface area is 143 Å². The Morgan fingerprint density at radius 1 is 1.08 bits per heavy atom. The van der Waals surface area contributed by atoms with Crippen LogP contribution in [-0.4, -0.2) is 71.1 Å². The lowest BCUT2D eigenvalue weighted by Gasteiger charge is -2.17. The summed E-state index contributed by atoms with van der Waals surface area (Å²) in [6, 6.07) is -3.53. The van der Waals surface area contributed by atoms with Crippen molar-refractivity contribution >= 4 is 29.6 Å². The molecule has 4 amide bonds. The van der Waals surface area contributed by atoms with Gasteiger partial charge in [-0.05, 0) is 13.3 Å². The molecule has 0 aliphatic rings. The molecular weight excluding hydrogens is 338 g/mol. The van der Waals surface area contributed by atoms with Gasteiger partial charge in [0.25, 0.3) is 0 Å². The fourth-order valence-corrected chi connectivity index (χ4v) is 1.58. The first-order valence-electron chi connectivity index (χ1n) is 7.33. The number of carboxylic acid groups (broad SMARTS) is 1. The van der Waals surface area contributed by atoms with E-state index in [1.165, 1.54) is 6.92 Å². The molecule has 0 aliphatic heterocycles. The second-order valence-electron chi connectivity index (χ2n) is 5.20. The van der Waals surface area contributed by atoms with Gasteiger partial charge in [-0.2, -0.15) is 0 Å². The molecule has 0 bridgehead atoms.